The molecule has 3 fully saturated rings. The van der Waals surface area contributed by atoms with Crippen LogP contribution in [0.5, 0.6) is 0 Å². The Bertz CT molecular complexity index is 805. The maximum absolute atomic E-state index is 10.6. The second-order valence-corrected chi connectivity index (χ2v) is 9.04. The highest BCUT2D eigenvalue weighted by Crippen LogP contribution is 2.37. The molecule has 0 bridgehead atoms. The van der Waals surface area contributed by atoms with Gasteiger partial charge in [0.15, 0.2) is 0 Å². The van der Waals surface area contributed by atoms with E-state index in [1.807, 2.05) is 6.92 Å². The van der Waals surface area contributed by atoms with Crippen molar-refractivity contribution in [1.29, 1.82) is 0 Å². The number of fused-ring (bicyclic) bond motifs is 1. The van der Waals surface area contributed by atoms with E-state index in [1.54, 1.807) is 11.3 Å². The van der Waals surface area contributed by atoms with Gasteiger partial charge in [-0.05, 0) is 25.7 Å². The minimum atomic E-state index is -5.08. The molecule has 3 atom stereocenters. The van der Waals surface area contributed by atoms with Gasteiger partial charge in [-0.15, -0.1) is 11.3 Å². The SMILES string of the molecule is Cc1nc(CO[C@H]2CN(CC3CC3)[C@@H]3COC[C@H]23)cs1.O=C(O)C(F)(F)F.O=C(O)C(F)(F)F. The van der Waals surface area contributed by atoms with Gasteiger partial charge in [0.05, 0.1) is 36.6 Å². The lowest BCUT2D eigenvalue weighted by Crippen LogP contribution is -2.34. The molecule has 34 heavy (non-hydrogen) atoms. The Morgan fingerprint density at radius 3 is 2.15 bits per heavy atom. The Morgan fingerprint density at radius 2 is 1.71 bits per heavy atom. The van der Waals surface area contributed by atoms with Crippen LogP contribution < -0.4 is 0 Å². The third-order valence-corrected chi connectivity index (χ3v) is 6.06. The molecule has 0 radical (unpaired) electrons. The zero-order valence-electron chi connectivity index (χ0n) is 17.9. The van der Waals surface area contributed by atoms with E-state index in [4.69, 9.17) is 29.3 Å². The van der Waals surface area contributed by atoms with Gasteiger partial charge in [-0.2, -0.15) is 26.3 Å². The van der Waals surface area contributed by atoms with E-state index in [-0.39, 0.29) is 0 Å². The standard InChI is InChI=1S/C15H22N2O2S.2C2HF3O2/c1-10-16-12(9-20-10)6-19-15-5-17(4-11-2-3-11)14-8-18-7-13(14)15;2*3-2(4,5)1(6)7/h9,11,13-15H,2-8H2,1H3;2*(H,6,7)/t13-,14+,15-;;/m0../s1. The topological polar surface area (TPSA) is 109 Å². The van der Waals surface area contributed by atoms with Crippen molar-refractivity contribution >= 4 is 23.3 Å². The highest BCUT2D eigenvalue weighted by molar-refractivity contribution is 7.09. The second-order valence-electron chi connectivity index (χ2n) is 7.98. The first kappa shape index (κ1) is 28.3. The van der Waals surface area contributed by atoms with E-state index >= 15 is 0 Å². The van der Waals surface area contributed by atoms with Crippen molar-refractivity contribution in [3.05, 3.63) is 16.1 Å². The number of halogens is 6. The molecule has 0 unspecified atom stereocenters. The molecule has 1 aliphatic carbocycles. The lowest BCUT2D eigenvalue weighted by Gasteiger charge is -2.21. The molecule has 2 saturated heterocycles. The first-order valence-electron chi connectivity index (χ1n) is 10.1. The van der Waals surface area contributed by atoms with Crippen LogP contribution in [0.25, 0.3) is 0 Å². The minimum Gasteiger partial charge on any atom is -0.475 e. The molecule has 1 aromatic rings. The third kappa shape index (κ3) is 9.00. The fourth-order valence-electron chi connectivity index (χ4n) is 3.48. The minimum absolute atomic E-state index is 0.322. The maximum Gasteiger partial charge on any atom is 0.490 e. The van der Waals surface area contributed by atoms with E-state index in [9.17, 15) is 26.3 Å². The van der Waals surface area contributed by atoms with Crippen molar-refractivity contribution < 1.29 is 55.6 Å². The second kappa shape index (κ2) is 11.6. The van der Waals surface area contributed by atoms with Crippen LogP contribution in [0.4, 0.5) is 26.3 Å². The Kier molecular flexibility index (Phi) is 9.68. The van der Waals surface area contributed by atoms with Crippen molar-refractivity contribution in [2.75, 3.05) is 26.3 Å². The fraction of sp³-hybridized carbons (Fsp3) is 0.737. The number of nitrogens with zero attached hydrogens (tertiary/aromatic N) is 2. The van der Waals surface area contributed by atoms with Gasteiger partial charge in [-0.1, -0.05) is 0 Å². The summed E-state index contributed by atoms with van der Waals surface area (Å²) in [5.41, 5.74) is 1.07. The third-order valence-electron chi connectivity index (χ3n) is 5.24. The monoisotopic (exact) mass is 522 g/mol. The Balaban J connectivity index is 0.000000244. The van der Waals surface area contributed by atoms with Crippen LogP contribution in [0.1, 0.15) is 23.5 Å². The van der Waals surface area contributed by atoms with Gasteiger partial charge in [0, 0.05) is 30.4 Å². The molecule has 15 heteroatoms. The number of ether oxygens (including phenoxy) is 2. The number of aliphatic carboxylic acids is 2. The molecule has 3 heterocycles. The predicted molar refractivity (Wildman–Crippen MR) is 105 cm³/mol. The largest absolute Gasteiger partial charge is 0.490 e. The molecule has 0 aromatic carbocycles. The van der Waals surface area contributed by atoms with Gasteiger partial charge >= 0.3 is 24.3 Å². The summed E-state index contributed by atoms with van der Waals surface area (Å²) in [6, 6.07) is 0.595. The average molecular weight is 522 g/mol. The number of carbonyl (C=O) groups is 2. The lowest BCUT2D eigenvalue weighted by molar-refractivity contribution is -0.193. The molecular formula is C19H24F6N2O6S. The van der Waals surface area contributed by atoms with Crippen LogP contribution >= 0.6 is 11.3 Å². The maximum atomic E-state index is 10.6. The van der Waals surface area contributed by atoms with Crippen molar-refractivity contribution in [3.63, 3.8) is 0 Å². The Hall–Kier alpha value is -1.97. The molecule has 2 N–H and O–H groups in total. The van der Waals surface area contributed by atoms with Crippen molar-refractivity contribution in [3.8, 4) is 0 Å². The quantitative estimate of drug-likeness (QED) is 0.567. The zero-order valence-corrected chi connectivity index (χ0v) is 18.8. The van der Waals surface area contributed by atoms with E-state index in [0.29, 0.717) is 24.7 Å². The molecular weight excluding hydrogens is 498 g/mol. The lowest BCUT2D eigenvalue weighted by atomic mass is 10.0. The van der Waals surface area contributed by atoms with Crippen LogP contribution in [-0.4, -0.2) is 82.8 Å². The smallest absolute Gasteiger partial charge is 0.475 e. The first-order chi connectivity index (χ1) is 15.7. The van der Waals surface area contributed by atoms with Crippen LogP contribution in [-0.2, 0) is 25.7 Å². The molecule has 1 aromatic heterocycles. The number of carboxylic acid groups (broad SMARTS) is 2. The highest BCUT2D eigenvalue weighted by Gasteiger charge is 2.47. The van der Waals surface area contributed by atoms with Crippen LogP contribution in [0.3, 0.4) is 0 Å². The van der Waals surface area contributed by atoms with Gasteiger partial charge in [0.25, 0.3) is 0 Å². The normalized spacial score (nSPS) is 24.5. The van der Waals surface area contributed by atoms with E-state index in [0.717, 1.165) is 36.4 Å². The first-order valence-corrected chi connectivity index (χ1v) is 11.0. The van der Waals surface area contributed by atoms with E-state index < -0.39 is 24.3 Å². The van der Waals surface area contributed by atoms with Crippen molar-refractivity contribution in [2.24, 2.45) is 11.8 Å². The summed E-state index contributed by atoms with van der Waals surface area (Å²) < 4.78 is 75.3. The highest BCUT2D eigenvalue weighted by atomic mass is 32.1. The van der Waals surface area contributed by atoms with Crippen LogP contribution in [0.2, 0.25) is 0 Å². The number of rotatable bonds is 5. The number of hydrogen-bond donors (Lipinski definition) is 2. The molecule has 8 nitrogen and oxygen atoms in total. The van der Waals surface area contributed by atoms with Crippen LogP contribution in [0, 0.1) is 18.8 Å². The number of aromatic nitrogens is 1. The van der Waals surface area contributed by atoms with Crippen molar-refractivity contribution in [1.82, 2.24) is 9.88 Å². The summed E-state index contributed by atoms with van der Waals surface area (Å²) in [6.45, 7) is 6.79. The average Bonchev–Trinajstić information content (AvgIpc) is 3.09. The Labute approximate surface area is 194 Å². The fourth-order valence-corrected chi connectivity index (χ4v) is 4.08. The molecule has 0 spiro atoms. The van der Waals surface area contributed by atoms with Gasteiger partial charge in [-0.3, -0.25) is 4.90 Å². The van der Waals surface area contributed by atoms with Gasteiger partial charge in [0.2, 0.25) is 0 Å². The Morgan fingerprint density at radius 1 is 1.15 bits per heavy atom. The summed E-state index contributed by atoms with van der Waals surface area (Å²) >= 11 is 1.70. The molecule has 1 saturated carbocycles. The number of carboxylic acids is 2. The number of aryl methyl sites for hydroxylation is 1. The number of hydrogen-bond acceptors (Lipinski definition) is 7. The van der Waals surface area contributed by atoms with Gasteiger partial charge in [0.1, 0.15) is 0 Å². The number of alkyl halides is 6. The van der Waals surface area contributed by atoms with E-state index in [1.165, 1.54) is 19.4 Å². The molecule has 0 amide bonds. The summed E-state index contributed by atoms with van der Waals surface area (Å²) in [5, 5.41) is 17.5. The summed E-state index contributed by atoms with van der Waals surface area (Å²) in [7, 11) is 0. The van der Waals surface area contributed by atoms with Crippen molar-refractivity contribution in [2.45, 2.75) is 50.9 Å². The number of likely N-dealkylation sites (tertiary alicyclic amines) is 1. The van der Waals surface area contributed by atoms with Gasteiger partial charge in [-0.25, -0.2) is 14.6 Å². The van der Waals surface area contributed by atoms with Gasteiger partial charge < -0.3 is 19.7 Å². The predicted octanol–water partition coefficient (Wildman–Crippen LogP) is 3.34. The summed E-state index contributed by atoms with van der Waals surface area (Å²) in [6.07, 6.45) is -7.01. The zero-order chi connectivity index (χ0) is 25.7. The summed E-state index contributed by atoms with van der Waals surface area (Å²) in [4.78, 5) is 24.9. The summed E-state index contributed by atoms with van der Waals surface area (Å²) in [5.74, 6) is -4.01. The molecule has 4 rings (SSSR count). The number of thiazole rings is 1. The van der Waals surface area contributed by atoms with E-state index in [2.05, 4.69) is 15.3 Å². The molecule has 2 aliphatic heterocycles. The van der Waals surface area contributed by atoms with Crippen LogP contribution in [0.15, 0.2) is 5.38 Å². The molecule has 3 aliphatic rings. The molecule has 194 valence electrons.